The van der Waals surface area contributed by atoms with Crippen LogP contribution in [0.4, 0.5) is 0 Å². The molecule has 1 N–H and O–H groups in total. The molecule has 4 aromatic rings. The first-order valence-corrected chi connectivity index (χ1v) is 10.5. The highest BCUT2D eigenvalue weighted by atomic mass is 32.2. The van der Waals surface area contributed by atoms with Gasteiger partial charge in [0.25, 0.3) is 15.9 Å². The van der Waals surface area contributed by atoms with Crippen LogP contribution in [0.15, 0.2) is 83.9 Å². The van der Waals surface area contributed by atoms with Gasteiger partial charge in [-0.25, -0.2) is 18.1 Å². The van der Waals surface area contributed by atoms with Crippen LogP contribution >= 0.6 is 0 Å². The van der Waals surface area contributed by atoms with Crippen molar-refractivity contribution in [2.45, 2.75) is 4.90 Å². The zero-order valence-corrected chi connectivity index (χ0v) is 16.8. The van der Waals surface area contributed by atoms with Crippen molar-refractivity contribution in [3.05, 3.63) is 84.7 Å². The Balaban J connectivity index is 1.68. The van der Waals surface area contributed by atoms with Gasteiger partial charge in [-0.05, 0) is 42.5 Å². The van der Waals surface area contributed by atoms with Crippen LogP contribution < -0.4 is 9.46 Å². The summed E-state index contributed by atoms with van der Waals surface area (Å²) in [7, 11) is -2.77. The zero-order chi connectivity index (χ0) is 21.1. The Morgan fingerprint density at radius 3 is 2.50 bits per heavy atom. The van der Waals surface area contributed by atoms with Crippen LogP contribution in [-0.2, 0) is 10.0 Å². The van der Waals surface area contributed by atoms with Gasteiger partial charge in [0.15, 0.2) is 0 Å². The number of sulfonamides is 1. The van der Waals surface area contributed by atoms with Gasteiger partial charge < -0.3 is 4.74 Å². The van der Waals surface area contributed by atoms with Crippen molar-refractivity contribution in [3.63, 3.8) is 0 Å². The molecular formula is C22H17N3O4S. The number of carbonyl (C=O) groups excluding carboxylic acids is 1. The average Bonchev–Trinajstić information content (AvgIpc) is 2.78. The molecule has 150 valence electrons. The minimum absolute atomic E-state index is 0.0147. The molecule has 8 heteroatoms. The van der Waals surface area contributed by atoms with Gasteiger partial charge in [-0.3, -0.25) is 9.78 Å². The van der Waals surface area contributed by atoms with Gasteiger partial charge in [-0.15, -0.1) is 0 Å². The molecule has 0 fully saturated rings. The summed E-state index contributed by atoms with van der Waals surface area (Å²) in [4.78, 5) is 21.2. The van der Waals surface area contributed by atoms with Crippen molar-refractivity contribution in [1.29, 1.82) is 0 Å². The maximum Gasteiger partial charge on any atom is 0.283 e. The molecule has 0 aliphatic carbocycles. The highest BCUT2D eigenvalue weighted by molar-refractivity contribution is 7.90. The molecule has 0 bridgehead atoms. The lowest BCUT2D eigenvalue weighted by Crippen LogP contribution is -2.31. The van der Waals surface area contributed by atoms with Gasteiger partial charge in [0.2, 0.25) is 0 Å². The number of pyridine rings is 2. The molecule has 0 atom stereocenters. The van der Waals surface area contributed by atoms with E-state index in [4.69, 9.17) is 4.74 Å². The van der Waals surface area contributed by atoms with E-state index in [0.29, 0.717) is 5.52 Å². The molecule has 0 aliphatic rings. The number of aromatic nitrogens is 2. The van der Waals surface area contributed by atoms with E-state index in [2.05, 4.69) is 14.7 Å². The zero-order valence-electron chi connectivity index (χ0n) is 15.9. The van der Waals surface area contributed by atoms with Crippen LogP contribution in [0, 0.1) is 0 Å². The summed E-state index contributed by atoms with van der Waals surface area (Å²) in [6.45, 7) is 0. The Morgan fingerprint density at radius 1 is 0.933 bits per heavy atom. The minimum atomic E-state index is -4.13. The number of nitrogens with zero attached hydrogens (tertiary/aromatic N) is 2. The van der Waals surface area contributed by atoms with Crippen molar-refractivity contribution in [3.8, 4) is 17.0 Å². The second-order valence-electron chi connectivity index (χ2n) is 6.37. The number of para-hydroxylation sites is 1. The highest BCUT2D eigenvalue weighted by Crippen LogP contribution is 2.27. The number of amides is 1. The summed E-state index contributed by atoms with van der Waals surface area (Å²) in [6.07, 6.45) is 1.70. The van der Waals surface area contributed by atoms with Crippen molar-refractivity contribution in [2.75, 3.05) is 7.11 Å². The molecule has 0 saturated carbocycles. The molecule has 2 aromatic carbocycles. The summed E-state index contributed by atoms with van der Waals surface area (Å²) in [5, 5.41) is 0.806. The number of fused-ring (bicyclic) bond motifs is 1. The first kappa shape index (κ1) is 19.5. The fourth-order valence-electron chi connectivity index (χ4n) is 3.10. The molecule has 7 nitrogen and oxygen atoms in total. The third-order valence-electron chi connectivity index (χ3n) is 4.49. The molecule has 30 heavy (non-hydrogen) atoms. The van der Waals surface area contributed by atoms with E-state index in [1.165, 1.54) is 25.3 Å². The molecule has 2 aromatic heterocycles. The van der Waals surface area contributed by atoms with Crippen LogP contribution in [0.2, 0.25) is 0 Å². The quantitative estimate of drug-likeness (QED) is 0.532. The maximum atomic E-state index is 12.7. The Hall–Kier alpha value is -3.78. The lowest BCUT2D eigenvalue weighted by Gasteiger charge is -2.11. The summed E-state index contributed by atoms with van der Waals surface area (Å²) in [5.74, 6) is -0.685. The second kappa shape index (κ2) is 7.92. The summed E-state index contributed by atoms with van der Waals surface area (Å²) >= 11 is 0. The van der Waals surface area contributed by atoms with Gasteiger partial charge in [0, 0.05) is 17.1 Å². The van der Waals surface area contributed by atoms with Crippen LogP contribution in [-0.4, -0.2) is 31.4 Å². The summed E-state index contributed by atoms with van der Waals surface area (Å²) in [5.41, 5.74) is 2.19. The van der Waals surface area contributed by atoms with Gasteiger partial charge in [0.05, 0.1) is 18.3 Å². The average molecular weight is 419 g/mol. The first-order chi connectivity index (χ1) is 14.5. The van der Waals surface area contributed by atoms with Gasteiger partial charge in [-0.2, -0.15) is 0 Å². The normalized spacial score (nSPS) is 11.2. The monoisotopic (exact) mass is 419 g/mol. The Morgan fingerprint density at radius 2 is 1.73 bits per heavy atom. The number of hydrogen-bond acceptors (Lipinski definition) is 6. The van der Waals surface area contributed by atoms with Gasteiger partial charge >= 0.3 is 0 Å². The van der Waals surface area contributed by atoms with Gasteiger partial charge in [-0.1, -0.05) is 30.3 Å². The Bertz CT molecular complexity index is 1340. The van der Waals surface area contributed by atoms with Crippen LogP contribution in [0.1, 0.15) is 10.5 Å². The van der Waals surface area contributed by atoms with Crippen molar-refractivity contribution in [2.24, 2.45) is 0 Å². The predicted octanol–water partition coefficient (Wildman–Crippen LogP) is 3.42. The van der Waals surface area contributed by atoms with E-state index in [1.54, 1.807) is 30.5 Å². The van der Waals surface area contributed by atoms with Crippen molar-refractivity contribution in [1.82, 2.24) is 14.7 Å². The smallest absolute Gasteiger partial charge is 0.283 e. The minimum Gasteiger partial charge on any atom is -0.495 e. The number of benzene rings is 2. The summed E-state index contributed by atoms with van der Waals surface area (Å²) < 4.78 is 32.4. The lowest BCUT2D eigenvalue weighted by molar-refractivity contribution is 0.0977. The van der Waals surface area contributed by atoms with Crippen LogP contribution in [0.5, 0.6) is 5.75 Å². The molecular weight excluding hydrogens is 402 g/mol. The van der Waals surface area contributed by atoms with Crippen molar-refractivity contribution >= 4 is 26.8 Å². The topological polar surface area (TPSA) is 98.2 Å². The third kappa shape index (κ3) is 3.72. The largest absolute Gasteiger partial charge is 0.495 e. The fraction of sp³-hybridized carbons (Fsp3) is 0.0455. The van der Waals surface area contributed by atoms with Crippen LogP contribution in [0.25, 0.3) is 22.2 Å². The lowest BCUT2D eigenvalue weighted by atomic mass is 10.0. The summed E-state index contributed by atoms with van der Waals surface area (Å²) in [6, 6.07) is 20.4. The molecule has 0 aliphatic heterocycles. The van der Waals surface area contributed by atoms with E-state index in [-0.39, 0.29) is 16.3 Å². The number of nitrogens with one attached hydrogen (secondary N) is 1. The highest BCUT2D eigenvalue weighted by Gasteiger charge is 2.23. The SMILES string of the molecule is COc1ccccc1S(=O)(=O)NC(=O)c1ccc2c(-c3ccccn3)cccc2n1. The third-order valence-corrected chi connectivity index (χ3v) is 5.86. The fourth-order valence-corrected chi connectivity index (χ4v) is 4.23. The standard InChI is InChI=1S/C22H17N3O4S/c1-29-20-10-2-3-11-21(20)30(27,28)25-22(26)19-13-12-16-15(7-6-9-18(16)24-19)17-8-4-5-14-23-17/h2-14H,1H3,(H,25,26). The number of hydrogen-bond donors (Lipinski definition) is 1. The van der Waals surface area contributed by atoms with Crippen molar-refractivity contribution < 1.29 is 17.9 Å². The number of rotatable bonds is 5. The van der Waals surface area contributed by atoms with E-state index >= 15 is 0 Å². The van der Waals surface area contributed by atoms with Crippen LogP contribution in [0.3, 0.4) is 0 Å². The predicted molar refractivity (Wildman–Crippen MR) is 113 cm³/mol. The van der Waals surface area contributed by atoms with E-state index in [1.807, 2.05) is 30.3 Å². The first-order valence-electron chi connectivity index (χ1n) is 9.01. The van der Waals surface area contributed by atoms with E-state index in [0.717, 1.165) is 16.6 Å². The van der Waals surface area contributed by atoms with E-state index < -0.39 is 15.9 Å². The number of methoxy groups -OCH3 is 1. The Kier molecular flexibility index (Phi) is 5.16. The Labute approximate surface area is 173 Å². The molecule has 4 rings (SSSR count). The number of carbonyl (C=O) groups is 1. The molecule has 2 heterocycles. The molecule has 1 amide bonds. The molecule has 0 unspecified atom stereocenters. The van der Waals surface area contributed by atoms with E-state index in [9.17, 15) is 13.2 Å². The van der Waals surface area contributed by atoms with Gasteiger partial charge in [0.1, 0.15) is 16.3 Å². The molecule has 0 spiro atoms. The molecule has 0 radical (unpaired) electrons. The maximum absolute atomic E-state index is 12.7. The number of ether oxygens (including phenoxy) is 1. The molecule has 0 saturated heterocycles. The second-order valence-corrected chi connectivity index (χ2v) is 8.02.